The van der Waals surface area contributed by atoms with Crippen LogP contribution in [0.1, 0.15) is 22.8 Å². The predicted octanol–water partition coefficient (Wildman–Crippen LogP) is 2.04. The lowest BCUT2D eigenvalue weighted by Gasteiger charge is -2.37. The van der Waals surface area contributed by atoms with Crippen molar-refractivity contribution in [1.82, 2.24) is 15.5 Å². The number of hydrogen-bond acceptors (Lipinski definition) is 4. The van der Waals surface area contributed by atoms with Crippen molar-refractivity contribution >= 4 is 17.6 Å². The van der Waals surface area contributed by atoms with E-state index in [1.165, 1.54) is 0 Å². The predicted molar refractivity (Wildman–Crippen MR) is 117 cm³/mol. The van der Waals surface area contributed by atoms with E-state index in [4.69, 9.17) is 0 Å². The number of amides is 1. The average Bonchev–Trinajstić information content (AvgIpc) is 2.76. The molecule has 0 spiro atoms. The SMILES string of the molecule is CCNC(=O)c1ccc(CNC(=NC)N2CCN(c3ccccc3O)CC2)cc1. The summed E-state index contributed by atoms with van der Waals surface area (Å²) in [4.78, 5) is 20.7. The summed E-state index contributed by atoms with van der Waals surface area (Å²) in [7, 11) is 1.79. The quantitative estimate of drug-likeness (QED) is 0.533. The molecule has 1 fully saturated rings. The van der Waals surface area contributed by atoms with Crippen molar-refractivity contribution < 1.29 is 9.90 Å². The van der Waals surface area contributed by atoms with Crippen molar-refractivity contribution in [3.63, 3.8) is 0 Å². The van der Waals surface area contributed by atoms with Gasteiger partial charge in [-0.1, -0.05) is 24.3 Å². The number of phenols is 1. The fourth-order valence-corrected chi connectivity index (χ4v) is 3.44. The average molecular weight is 396 g/mol. The van der Waals surface area contributed by atoms with E-state index in [-0.39, 0.29) is 5.91 Å². The third-order valence-electron chi connectivity index (χ3n) is 5.02. The Hall–Kier alpha value is -3.22. The van der Waals surface area contributed by atoms with Crippen molar-refractivity contribution in [2.24, 2.45) is 4.99 Å². The third kappa shape index (κ3) is 5.19. The van der Waals surface area contributed by atoms with Gasteiger partial charge in [-0.3, -0.25) is 9.79 Å². The monoisotopic (exact) mass is 395 g/mol. The molecule has 0 unspecified atom stereocenters. The van der Waals surface area contributed by atoms with Crippen molar-refractivity contribution in [3.05, 3.63) is 59.7 Å². The number of anilines is 1. The van der Waals surface area contributed by atoms with Crippen molar-refractivity contribution in [2.75, 3.05) is 44.7 Å². The summed E-state index contributed by atoms with van der Waals surface area (Å²) in [5.74, 6) is 1.12. The van der Waals surface area contributed by atoms with Gasteiger partial charge in [0.1, 0.15) is 5.75 Å². The van der Waals surface area contributed by atoms with E-state index in [9.17, 15) is 9.90 Å². The van der Waals surface area contributed by atoms with Crippen molar-refractivity contribution in [3.8, 4) is 5.75 Å². The fourth-order valence-electron chi connectivity index (χ4n) is 3.44. The van der Waals surface area contributed by atoms with E-state index in [0.29, 0.717) is 24.4 Å². The summed E-state index contributed by atoms with van der Waals surface area (Å²) in [5.41, 5.74) is 2.63. The highest BCUT2D eigenvalue weighted by atomic mass is 16.3. The molecule has 154 valence electrons. The molecule has 2 aromatic carbocycles. The minimum absolute atomic E-state index is 0.0508. The topological polar surface area (TPSA) is 80.2 Å². The van der Waals surface area contributed by atoms with E-state index in [2.05, 4.69) is 25.4 Å². The van der Waals surface area contributed by atoms with Gasteiger partial charge in [-0.15, -0.1) is 0 Å². The number of nitrogens with one attached hydrogen (secondary N) is 2. The van der Waals surface area contributed by atoms with E-state index in [1.54, 1.807) is 13.1 Å². The van der Waals surface area contributed by atoms with Crippen LogP contribution in [0.25, 0.3) is 0 Å². The molecule has 1 aliphatic heterocycles. The van der Waals surface area contributed by atoms with Crippen LogP contribution < -0.4 is 15.5 Å². The van der Waals surface area contributed by atoms with Crippen LogP contribution in [0.2, 0.25) is 0 Å². The van der Waals surface area contributed by atoms with Gasteiger partial charge in [0.25, 0.3) is 5.91 Å². The standard InChI is InChI=1S/C22H29N5O2/c1-3-24-21(29)18-10-8-17(9-11-18)16-25-22(23-2)27-14-12-26(13-15-27)19-6-4-5-7-20(19)28/h4-11,28H,3,12-16H2,1-2H3,(H,23,25)(H,24,29). The van der Waals surface area contributed by atoms with Crippen molar-refractivity contribution in [1.29, 1.82) is 0 Å². The van der Waals surface area contributed by atoms with E-state index >= 15 is 0 Å². The number of para-hydroxylation sites is 2. The molecule has 1 heterocycles. The summed E-state index contributed by atoms with van der Waals surface area (Å²) in [6.07, 6.45) is 0. The minimum Gasteiger partial charge on any atom is -0.506 e. The van der Waals surface area contributed by atoms with Gasteiger partial charge in [0.05, 0.1) is 5.69 Å². The summed E-state index contributed by atoms with van der Waals surface area (Å²) in [5, 5.41) is 16.3. The number of aliphatic imine (C=N–C) groups is 1. The van der Waals surface area contributed by atoms with Gasteiger partial charge in [-0.2, -0.15) is 0 Å². The van der Waals surface area contributed by atoms with Crippen LogP contribution in [0.4, 0.5) is 5.69 Å². The molecule has 0 aromatic heterocycles. The summed E-state index contributed by atoms with van der Waals surface area (Å²) in [6, 6.07) is 15.1. The maximum absolute atomic E-state index is 11.9. The fraction of sp³-hybridized carbons (Fsp3) is 0.364. The molecule has 1 aliphatic rings. The number of hydrogen-bond donors (Lipinski definition) is 3. The second-order valence-corrected chi connectivity index (χ2v) is 6.92. The summed E-state index contributed by atoms with van der Waals surface area (Å²) in [6.45, 7) is 6.45. The number of carbonyl (C=O) groups excluding carboxylic acids is 1. The molecule has 1 saturated heterocycles. The molecular formula is C22H29N5O2. The normalized spacial score (nSPS) is 14.6. The Balaban J connectivity index is 1.52. The van der Waals surface area contributed by atoms with Crippen LogP contribution in [0.3, 0.4) is 0 Å². The molecule has 7 heteroatoms. The molecule has 3 rings (SSSR count). The Kier molecular flexibility index (Phi) is 6.94. The number of phenolic OH excluding ortho intramolecular Hbond substituents is 1. The molecule has 2 aromatic rings. The maximum Gasteiger partial charge on any atom is 0.251 e. The second-order valence-electron chi connectivity index (χ2n) is 6.92. The molecule has 0 saturated carbocycles. The van der Waals surface area contributed by atoms with E-state index < -0.39 is 0 Å². The van der Waals surface area contributed by atoms with Crippen molar-refractivity contribution in [2.45, 2.75) is 13.5 Å². The van der Waals surface area contributed by atoms with Crippen LogP contribution in [0.5, 0.6) is 5.75 Å². The number of rotatable bonds is 5. The molecule has 7 nitrogen and oxygen atoms in total. The Morgan fingerprint density at radius 2 is 1.72 bits per heavy atom. The second kappa shape index (κ2) is 9.82. The number of guanidine groups is 1. The Labute approximate surface area is 172 Å². The van der Waals surface area contributed by atoms with Gasteiger partial charge in [-0.05, 0) is 36.8 Å². The maximum atomic E-state index is 11.9. The first-order valence-electron chi connectivity index (χ1n) is 9.98. The molecule has 0 aliphatic carbocycles. The molecule has 0 atom stereocenters. The van der Waals surface area contributed by atoms with Gasteiger partial charge in [0.2, 0.25) is 0 Å². The van der Waals surface area contributed by atoms with Crippen LogP contribution in [0.15, 0.2) is 53.5 Å². The molecule has 3 N–H and O–H groups in total. The summed E-state index contributed by atoms with van der Waals surface area (Å²) >= 11 is 0. The number of piperazine rings is 1. The lowest BCUT2D eigenvalue weighted by Crippen LogP contribution is -2.52. The van der Waals surface area contributed by atoms with Crippen LogP contribution in [-0.2, 0) is 6.54 Å². The molecule has 0 bridgehead atoms. The van der Waals surface area contributed by atoms with Gasteiger partial charge in [0, 0.05) is 51.9 Å². The molecule has 0 radical (unpaired) electrons. The first kappa shape index (κ1) is 20.5. The number of carbonyl (C=O) groups is 1. The first-order valence-corrected chi connectivity index (χ1v) is 9.98. The zero-order valence-electron chi connectivity index (χ0n) is 17.1. The Bertz CT molecular complexity index is 843. The first-order chi connectivity index (χ1) is 14.1. The molecular weight excluding hydrogens is 366 g/mol. The number of benzene rings is 2. The van der Waals surface area contributed by atoms with Crippen LogP contribution in [0, 0.1) is 0 Å². The van der Waals surface area contributed by atoms with E-state index in [1.807, 2.05) is 49.4 Å². The Morgan fingerprint density at radius 3 is 2.34 bits per heavy atom. The lowest BCUT2D eigenvalue weighted by atomic mass is 10.1. The highest BCUT2D eigenvalue weighted by Gasteiger charge is 2.21. The smallest absolute Gasteiger partial charge is 0.251 e. The van der Waals surface area contributed by atoms with Crippen LogP contribution >= 0.6 is 0 Å². The van der Waals surface area contributed by atoms with E-state index in [0.717, 1.165) is 43.4 Å². The highest BCUT2D eigenvalue weighted by Crippen LogP contribution is 2.27. The number of aromatic hydroxyl groups is 1. The molecule has 29 heavy (non-hydrogen) atoms. The largest absolute Gasteiger partial charge is 0.506 e. The number of nitrogens with zero attached hydrogens (tertiary/aromatic N) is 3. The summed E-state index contributed by atoms with van der Waals surface area (Å²) < 4.78 is 0. The van der Waals surface area contributed by atoms with Crippen LogP contribution in [-0.4, -0.2) is 61.6 Å². The Morgan fingerprint density at radius 1 is 1.03 bits per heavy atom. The molecule has 1 amide bonds. The zero-order chi connectivity index (χ0) is 20.6. The third-order valence-corrected chi connectivity index (χ3v) is 5.02. The van der Waals surface area contributed by atoms with Gasteiger partial charge in [0.15, 0.2) is 5.96 Å². The van der Waals surface area contributed by atoms with Gasteiger partial charge in [-0.25, -0.2) is 0 Å². The zero-order valence-corrected chi connectivity index (χ0v) is 17.1. The van der Waals surface area contributed by atoms with Gasteiger partial charge >= 0.3 is 0 Å². The lowest BCUT2D eigenvalue weighted by molar-refractivity contribution is 0.0956. The highest BCUT2D eigenvalue weighted by molar-refractivity contribution is 5.94. The van der Waals surface area contributed by atoms with Gasteiger partial charge < -0.3 is 25.5 Å². The minimum atomic E-state index is -0.0508.